The number of rotatable bonds is 6. The summed E-state index contributed by atoms with van der Waals surface area (Å²) in [5.74, 6) is -1.50. The maximum atomic E-state index is 12.0. The third-order valence-electron chi connectivity index (χ3n) is 3.41. The number of hydrogen-bond donors (Lipinski definition) is 2. The lowest BCUT2D eigenvalue weighted by Crippen LogP contribution is -2.21. The van der Waals surface area contributed by atoms with Gasteiger partial charge in [0.2, 0.25) is 0 Å². The first kappa shape index (κ1) is 18.7. The number of hydrogen-bond acceptors (Lipinski definition) is 7. The van der Waals surface area contributed by atoms with Crippen LogP contribution in [0.2, 0.25) is 0 Å². The van der Waals surface area contributed by atoms with Gasteiger partial charge in [-0.25, -0.2) is 4.79 Å². The Balaban J connectivity index is 2.03. The lowest BCUT2D eigenvalue weighted by Gasteiger charge is -2.11. The highest BCUT2D eigenvalue weighted by molar-refractivity contribution is 5.96. The molecular weight excluding hydrogens is 344 g/mol. The SMILES string of the molecule is COc1cc(NC(=O)COC(=O)c2cccc(O)c2)c(C)cc1[N+](=O)[O-]. The van der Waals surface area contributed by atoms with Crippen molar-refractivity contribution in [3.63, 3.8) is 0 Å². The number of nitro benzene ring substituents is 1. The van der Waals surface area contributed by atoms with Crippen LogP contribution in [0.1, 0.15) is 15.9 Å². The van der Waals surface area contributed by atoms with Crippen LogP contribution in [0, 0.1) is 17.0 Å². The van der Waals surface area contributed by atoms with E-state index in [0.717, 1.165) is 0 Å². The van der Waals surface area contributed by atoms with E-state index in [1.54, 1.807) is 6.92 Å². The van der Waals surface area contributed by atoms with E-state index < -0.39 is 23.4 Å². The Morgan fingerprint density at radius 1 is 1.27 bits per heavy atom. The van der Waals surface area contributed by atoms with Gasteiger partial charge in [-0.2, -0.15) is 0 Å². The lowest BCUT2D eigenvalue weighted by atomic mass is 10.1. The van der Waals surface area contributed by atoms with Crippen LogP contribution < -0.4 is 10.1 Å². The van der Waals surface area contributed by atoms with Crippen LogP contribution in [-0.2, 0) is 9.53 Å². The molecule has 0 fully saturated rings. The molecule has 2 rings (SSSR count). The van der Waals surface area contributed by atoms with Crippen molar-refractivity contribution >= 4 is 23.3 Å². The fourth-order valence-corrected chi connectivity index (χ4v) is 2.15. The van der Waals surface area contributed by atoms with Crippen molar-refractivity contribution in [1.82, 2.24) is 0 Å². The van der Waals surface area contributed by atoms with Crippen LogP contribution in [0.4, 0.5) is 11.4 Å². The summed E-state index contributed by atoms with van der Waals surface area (Å²) in [6.45, 7) is 1.02. The molecule has 0 radical (unpaired) electrons. The van der Waals surface area contributed by atoms with Crippen molar-refractivity contribution in [3.05, 3.63) is 57.6 Å². The van der Waals surface area contributed by atoms with Crippen molar-refractivity contribution in [1.29, 1.82) is 0 Å². The van der Waals surface area contributed by atoms with Gasteiger partial charge in [0.15, 0.2) is 12.4 Å². The number of nitro groups is 1. The highest BCUT2D eigenvalue weighted by Crippen LogP contribution is 2.32. The van der Waals surface area contributed by atoms with E-state index in [1.165, 1.54) is 43.5 Å². The average Bonchev–Trinajstić information content (AvgIpc) is 2.60. The van der Waals surface area contributed by atoms with Gasteiger partial charge in [-0.1, -0.05) is 6.07 Å². The first-order chi connectivity index (χ1) is 12.3. The minimum atomic E-state index is -0.769. The van der Waals surface area contributed by atoms with Crippen molar-refractivity contribution < 1.29 is 29.1 Å². The third kappa shape index (κ3) is 4.47. The van der Waals surface area contributed by atoms with Crippen LogP contribution in [0.5, 0.6) is 11.5 Å². The van der Waals surface area contributed by atoms with Gasteiger partial charge in [0.05, 0.1) is 17.6 Å². The van der Waals surface area contributed by atoms with Crippen molar-refractivity contribution in [2.75, 3.05) is 19.0 Å². The molecule has 9 heteroatoms. The Labute approximate surface area is 148 Å². The molecule has 0 spiro atoms. The zero-order chi connectivity index (χ0) is 19.3. The molecule has 0 bridgehead atoms. The molecule has 2 aromatic carbocycles. The highest BCUT2D eigenvalue weighted by Gasteiger charge is 2.19. The molecule has 0 aliphatic heterocycles. The topological polar surface area (TPSA) is 128 Å². The maximum absolute atomic E-state index is 12.0. The highest BCUT2D eigenvalue weighted by atomic mass is 16.6. The summed E-state index contributed by atoms with van der Waals surface area (Å²) in [7, 11) is 1.28. The fourth-order valence-electron chi connectivity index (χ4n) is 2.15. The number of carbonyl (C=O) groups is 2. The Hall–Kier alpha value is -3.62. The van der Waals surface area contributed by atoms with Gasteiger partial charge in [0, 0.05) is 17.8 Å². The van der Waals surface area contributed by atoms with Crippen molar-refractivity contribution in [2.24, 2.45) is 0 Å². The molecule has 0 aromatic heterocycles. The van der Waals surface area contributed by atoms with E-state index >= 15 is 0 Å². The standard InChI is InChI=1S/C17H16N2O7/c1-10-6-14(19(23)24)15(25-2)8-13(10)18-16(21)9-26-17(22)11-4-3-5-12(20)7-11/h3-8,20H,9H2,1-2H3,(H,18,21). The van der Waals surface area contributed by atoms with Gasteiger partial charge in [0.25, 0.3) is 5.91 Å². The van der Waals surface area contributed by atoms with Crippen LogP contribution in [0.15, 0.2) is 36.4 Å². The average molecular weight is 360 g/mol. The van der Waals surface area contributed by atoms with Crippen LogP contribution >= 0.6 is 0 Å². The number of aryl methyl sites for hydroxylation is 1. The summed E-state index contributed by atoms with van der Waals surface area (Å²) in [6, 6.07) is 8.11. The number of amides is 1. The van der Waals surface area contributed by atoms with E-state index in [1.807, 2.05) is 0 Å². The zero-order valence-electron chi connectivity index (χ0n) is 14.0. The fraction of sp³-hybridized carbons (Fsp3) is 0.176. The lowest BCUT2D eigenvalue weighted by molar-refractivity contribution is -0.385. The number of methoxy groups -OCH3 is 1. The molecule has 0 heterocycles. The number of aromatic hydroxyl groups is 1. The summed E-state index contributed by atoms with van der Waals surface area (Å²) < 4.78 is 9.82. The first-order valence-electron chi connectivity index (χ1n) is 7.41. The Morgan fingerprint density at radius 3 is 2.62 bits per heavy atom. The molecule has 26 heavy (non-hydrogen) atoms. The number of nitrogens with zero attached hydrogens (tertiary/aromatic N) is 1. The maximum Gasteiger partial charge on any atom is 0.338 e. The van der Waals surface area contributed by atoms with E-state index in [2.05, 4.69) is 5.32 Å². The predicted octanol–water partition coefficient (Wildman–Crippen LogP) is 2.41. The Morgan fingerprint density at radius 2 is 2.00 bits per heavy atom. The van der Waals surface area contributed by atoms with Gasteiger partial charge < -0.3 is 19.9 Å². The summed E-state index contributed by atoms with van der Waals surface area (Å²) in [5.41, 5.74) is 0.625. The molecule has 0 atom stereocenters. The molecule has 0 saturated heterocycles. The minimum absolute atomic E-state index is 0.00680. The van der Waals surface area contributed by atoms with Gasteiger partial charge in [-0.3, -0.25) is 14.9 Å². The molecule has 136 valence electrons. The molecule has 2 aromatic rings. The van der Waals surface area contributed by atoms with Crippen molar-refractivity contribution in [2.45, 2.75) is 6.92 Å². The number of ether oxygens (including phenoxy) is 2. The number of carbonyl (C=O) groups excluding carboxylic acids is 2. The summed E-state index contributed by atoms with van der Waals surface area (Å²) in [6.07, 6.45) is 0. The second-order valence-electron chi connectivity index (χ2n) is 5.27. The summed E-state index contributed by atoms with van der Waals surface area (Å²) >= 11 is 0. The normalized spacial score (nSPS) is 10.1. The second kappa shape index (κ2) is 7.97. The molecule has 9 nitrogen and oxygen atoms in total. The number of benzene rings is 2. The van der Waals surface area contributed by atoms with Gasteiger partial charge in [-0.15, -0.1) is 0 Å². The number of anilines is 1. The van der Waals surface area contributed by atoms with E-state index in [9.17, 15) is 24.8 Å². The van der Waals surface area contributed by atoms with Gasteiger partial charge in [-0.05, 0) is 30.7 Å². The molecule has 0 unspecified atom stereocenters. The number of esters is 1. The molecule has 0 saturated carbocycles. The van der Waals surface area contributed by atoms with E-state index in [0.29, 0.717) is 11.3 Å². The molecule has 2 N–H and O–H groups in total. The number of phenols is 1. The zero-order valence-corrected chi connectivity index (χ0v) is 14.0. The number of phenolic OH excluding ortho intramolecular Hbond substituents is 1. The van der Waals surface area contributed by atoms with Crippen LogP contribution in [-0.4, -0.2) is 35.6 Å². The van der Waals surface area contributed by atoms with Crippen LogP contribution in [0.3, 0.4) is 0 Å². The molecular formula is C17H16N2O7. The molecule has 1 amide bonds. The molecule has 0 aliphatic carbocycles. The minimum Gasteiger partial charge on any atom is -0.508 e. The number of nitrogens with one attached hydrogen (secondary N) is 1. The monoisotopic (exact) mass is 360 g/mol. The second-order valence-corrected chi connectivity index (χ2v) is 5.27. The first-order valence-corrected chi connectivity index (χ1v) is 7.41. The van der Waals surface area contributed by atoms with Gasteiger partial charge in [0.1, 0.15) is 5.75 Å². The molecule has 0 aliphatic rings. The smallest absolute Gasteiger partial charge is 0.338 e. The third-order valence-corrected chi connectivity index (χ3v) is 3.41. The summed E-state index contributed by atoms with van der Waals surface area (Å²) in [5, 5.41) is 22.8. The predicted molar refractivity (Wildman–Crippen MR) is 91.4 cm³/mol. The van der Waals surface area contributed by atoms with Crippen molar-refractivity contribution in [3.8, 4) is 11.5 Å². The van der Waals surface area contributed by atoms with Crippen LogP contribution in [0.25, 0.3) is 0 Å². The van der Waals surface area contributed by atoms with E-state index in [4.69, 9.17) is 9.47 Å². The largest absolute Gasteiger partial charge is 0.508 e. The Bertz CT molecular complexity index is 864. The van der Waals surface area contributed by atoms with Gasteiger partial charge >= 0.3 is 11.7 Å². The summed E-state index contributed by atoms with van der Waals surface area (Å²) in [4.78, 5) is 34.2. The Kier molecular flexibility index (Phi) is 5.74. The quantitative estimate of drug-likeness (QED) is 0.460. The van der Waals surface area contributed by atoms with E-state index in [-0.39, 0.29) is 22.7 Å².